The summed E-state index contributed by atoms with van der Waals surface area (Å²) in [6.45, 7) is 0. The number of nitrogens with zero attached hydrogens (tertiary/aromatic N) is 1. The van der Waals surface area contributed by atoms with Gasteiger partial charge in [0.15, 0.2) is 11.6 Å². The van der Waals surface area contributed by atoms with E-state index in [-0.39, 0.29) is 11.6 Å². The van der Waals surface area contributed by atoms with Gasteiger partial charge in [-0.25, -0.2) is 4.98 Å². The van der Waals surface area contributed by atoms with Gasteiger partial charge in [0.05, 0.1) is 0 Å². The largest absolute Gasteiger partial charge is 0.504 e. The lowest BCUT2D eigenvalue weighted by atomic mass is 10.3. The lowest BCUT2D eigenvalue weighted by Gasteiger charge is -1.95. The molecule has 0 saturated carbocycles. The van der Waals surface area contributed by atoms with Gasteiger partial charge in [0, 0.05) is 0 Å². The van der Waals surface area contributed by atoms with E-state index in [9.17, 15) is 0 Å². The number of nitrogen functional groups attached to an aromatic ring is 1. The molecule has 3 nitrogen and oxygen atoms in total. The second-order valence-corrected chi connectivity index (χ2v) is 1.75. The van der Waals surface area contributed by atoms with Gasteiger partial charge < -0.3 is 10.8 Å². The van der Waals surface area contributed by atoms with Crippen LogP contribution in [0.3, 0.4) is 0 Å². The first kappa shape index (κ1) is 6.43. The molecule has 1 aromatic heterocycles. The molecule has 1 aromatic rings. The summed E-state index contributed by atoms with van der Waals surface area (Å²) in [6.07, 6.45) is 5.02. The van der Waals surface area contributed by atoms with Crippen molar-refractivity contribution >= 4 is 5.82 Å². The number of nitrogens with two attached hydrogens (primary N) is 1. The summed E-state index contributed by atoms with van der Waals surface area (Å²) in [4.78, 5) is 3.68. The van der Waals surface area contributed by atoms with Crippen LogP contribution < -0.4 is 5.73 Å². The number of terminal acetylenes is 1. The molecule has 0 saturated heterocycles. The highest BCUT2D eigenvalue weighted by Gasteiger charge is 1.96. The number of anilines is 1. The van der Waals surface area contributed by atoms with Crippen molar-refractivity contribution in [3.8, 4) is 18.1 Å². The summed E-state index contributed by atoms with van der Waals surface area (Å²) >= 11 is 0. The molecule has 0 radical (unpaired) electrons. The fourth-order valence-electron chi connectivity index (χ4n) is 0.548. The van der Waals surface area contributed by atoms with Gasteiger partial charge in [-0.2, -0.15) is 0 Å². The molecule has 0 fully saturated rings. The summed E-state index contributed by atoms with van der Waals surface area (Å²) in [5.74, 6) is 2.32. The summed E-state index contributed by atoms with van der Waals surface area (Å²) < 4.78 is 0. The molecule has 3 N–H and O–H groups in total. The van der Waals surface area contributed by atoms with Crippen LogP contribution in [0.1, 0.15) is 5.69 Å². The summed E-state index contributed by atoms with van der Waals surface area (Å²) in [6, 6.07) is 2.93. The highest BCUT2D eigenvalue weighted by molar-refractivity contribution is 5.47. The van der Waals surface area contributed by atoms with Crippen LogP contribution in [0.15, 0.2) is 12.1 Å². The molecule has 0 aliphatic carbocycles. The first-order chi connectivity index (χ1) is 4.74. The summed E-state index contributed by atoms with van der Waals surface area (Å²) in [5, 5.41) is 8.88. The fraction of sp³-hybridized carbons (Fsp3) is 0. The van der Waals surface area contributed by atoms with Gasteiger partial charge in [0.1, 0.15) is 5.69 Å². The van der Waals surface area contributed by atoms with Crippen molar-refractivity contribution in [2.45, 2.75) is 0 Å². The molecular formula is C7H6N2O. The number of aromatic nitrogens is 1. The third-order valence-corrected chi connectivity index (χ3v) is 1.05. The maximum absolute atomic E-state index is 8.88. The Hall–Kier alpha value is -1.69. The van der Waals surface area contributed by atoms with Crippen molar-refractivity contribution in [2.24, 2.45) is 0 Å². The summed E-state index contributed by atoms with van der Waals surface area (Å²) in [5.41, 5.74) is 5.67. The number of pyridine rings is 1. The predicted molar refractivity (Wildman–Crippen MR) is 38.2 cm³/mol. The smallest absolute Gasteiger partial charge is 0.167 e. The van der Waals surface area contributed by atoms with E-state index in [1.807, 2.05) is 0 Å². The van der Waals surface area contributed by atoms with E-state index in [0.717, 1.165) is 0 Å². The van der Waals surface area contributed by atoms with Gasteiger partial charge in [-0.15, -0.1) is 6.42 Å². The van der Waals surface area contributed by atoms with Gasteiger partial charge in [-0.3, -0.25) is 0 Å². The molecule has 0 unspecified atom stereocenters. The van der Waals surface area contributed by atoms with E-state index < -0.39 is 0 Å². The quantitative estimate of drug-likeness (QED) is 0.503. The van der Waals surface area contributed by atoms with Crippen LogP contribution in [-0.4, -0.2) is 10.1 Å². The van der Waals surface area contributed by atoms with E-state index in [2.05, 4.69) is 10.9 Å². The Morgan fingerprint density at radius 3 is 2.80 bits per heavy atom. The molecule has 0 bridgehead atoms. The Morgan fingerprint density at radius 2 is 2.30 bits per heavy atom. The first-order valence-corrected chi connectivity index (χ1v) is 2.66. The minimum absolute atomic E-state index is 0.0426. The molecule has 3 heteroatoms. The minimum atomic E-state index is -0.0426. The van der Waals surface area contributed by atoms with Gasteiger partial charge >= 0.3 is 0 Å². The topological polar surface area (TPSA) is 59.1 Å². The van der Waals surface area contributed by atoms with Crippen LogP contribution in [0.4, 0.5) is 5.82 Å². The fourth-order valence-corrected chi connectivity index (χ4v) is 0.548. The Balaban J connectivity index is 3.20. The highest BCUT2D eigenvalue weighted by atomic mass is 16.3. The Morgan fingerprint density at radius 1 is 1.60 bits per heavy atom. The molecule has 0 aliphatic rings. The molecular weight excluding hydrogens is 128 g/mol. The normalized spacial score (nSPS) is 8.70. The van der Waals surface area contributed by atoms with Gasteiger partial charge in [0.2, 0.25) is 0 Å². The third-order valence-electron chi connectivity index (χ3n) is 1.05. The SMILES string of the molecule is C#Cc1ccc(O)c(N)n1. The molecule has 0 amide bonds. The van der Waals surface area contributed by atoms with Gasteiger partial charge in [0.25, 0.3) is 0 Å². The van der Waals surface area contributed by atoms with Crippen LogP contribution in [-0.2, 0) is 0 Å². The first-order valence-electron chi connectivity index (χ1n) is 2.66. The number of rotatable bonds is 0. The van der Waals surface area contributed by atoms with Crippen LogP contribution in [0, 0.1) is 12.3 Å². The lowest BCUT2D eigenvalue weighted by Crippen LogP contribution is -1.91. The van der Waals surface area contributed by atoms with Crippen LogP contribution in [0.2, 0.25) is 0 Å². The second kappa shape index (κ2) is 2.28. The van der Waals surface area contributed by atoms with Crippen LogP contribution >= 0.6 is 0 Å². The number of hydrogen-bond donors (Lipinski definition) is 2. The second-order valence-electron chi connectivity index (χ2n) is 1.75. The van der Waals surface area contributed by atoms with Crippen LogP contribution in [0.25, 0.3) is 0 Å². The zero-order valence-electron chi connectivity index (χ0n) is 5.20. The van der Waals surface area contributed by atoms with Crippen molar-refractivity contribution in [3.05, 3.63) is 17.8 Å². The standard InChI is InChI=1S/C7H6N2O/c1-2-5-3-4-6(10)7(8)9-5/h1,3-4,10H,(H2,8,9). The molecule has 0 spiro atoms. The molecule has 0 atom stereocenters. The average molecular weight is 134 g/mol. The molecule has 10 heavy (non-hydrogen) atoms. The monoisotopic (exact) mass is 134 g/mol. The van der Waals surface area contributed by atoms with Crippen molar-refractivity contribution < 1.29 is 5.11 Å². The molecule has 1 rings (SSSR count). The highest BCUT2D eigenvalue weighted by Crippen LogP contribution is 2.15. The van der Waals surface area contributed by atoms with Crippen molar-refractivity contribution in [2.75, 3.05) is 5.73 Å². The van der Waals surface area contributed by atoms with Crippen molar-refractivity contribution in [3.63, 3.8) is 0 Å². The zero-order chi connectivity index (χ0) is 7.56. The lowest BCUT2D eigenvalue weighted by molar-refractivity contribution is 0.475. The van der Waals surface area contributed by atoms with Crippen molar-refractivity contribution in [1.29, 1.82) is 0 Å². The Kier molecular flexibility index (Phi) is 1.46. The molecule has 0 aliphatic heterocycles. The average Bonchev–Trinajstić information content (AvgIpc) is 1.95. The molecule has 50 valence electrons. The maximum atomic E-state index is 8.88. The number of aromatic hydroxyl groups is 1. The summed E-state index contributed by atoms with van der Waals surface area (Å²) in [7, 11) is 0. The number of hydrogen-bond acceptors (Lipinski definition) is 3. The zero-order valence-corrected chi connectivity index (χ0v) is 5.20. The van der Waals surface area contributed by atoms with E-state index >= 15 is 0 Å². The minimum Gasteiger partial charge on any atom is -0.504 e. The van der Waals surface area contributed by atoms with Crippen LogP contribution in [0.5, 0.6) is 5.75 Å². The van der Waals surface area contributed by atoms with E-state index in [4.69, 9.17) is 17.3 Å². The Bertz CT molecular complexity index is 288. The molecule has 0 aromatic carbocycles. The predicted octanol–water partition coefficient (Wildman–Crippen LogP) is 0.351. The van der Waals surface area contributed by atoms with E-state index in [1.165, 1.54) is 12.1 Å². The molecule has 1 heterocycles. The third kappa shape index (κ3) is 1.00. The van der Waals surface area contributed by atoms with Gasteiger partial charge in [-0.05, 0) is 12.1 Å². The Labute approximate surface area is 58.5 Å². The van der Waals surface area contributed by atoms with E-state index in [1.54, 1.807) is 0 Å². The van der Waals surface area contributed by atoms with E-state index in [0.29, 0.717) is 5.69 Å². The van der Waals surface area contributed by atoms with Crippen molar-refractivity contribution in [1.82, 2.24) is 4.98 Å². The van der Waals surface area contributed by atoms with Gasteiger partial charge in [-0.1, -0.05) is 5.92 Å². The maximum Gasteiger partial charge on any atom is 0.167 e.